The summed E-state index contributed by atoms with van der Waals surface area (Å²) in [6, 6.07) is 8.21. The van der Waals surface area contributed by atoms with E-state index in [0.29, 0.717) is 6.07 Å². The Morgan fingerprint density at radius 3 is 1.97 bits per heavy atom. The topological polar surface area (TPSA) is 220 Å². The molecule has 0 spiro atoms. The van der Waals surface area contributed by atoms with Crippen LogP contribution in [0.3, 0.4) is 0 Å². The average molecular weight is 598 g/mol. The van der Waals surface area contributed by atoms with Gasteiger partial charge >= 0.3 is 267 Å². The molecule has 0 saturated heterocycles. The van der Waals surface area contributed by atoms with Crippen molar-refractivity contribution in [1.82, 2.24) is 0 Å². The van der Waals surface area contributed by atoms with Crippen LogP contribution < -0.4 is 97.1 Å². The van der Waals surface area contributed by atoms with Crippen molar-refractivity contribution in [3.05, 3.63) is 48.5 Å². The van der Waals surface area contributed by atoms with E-state index in [9.17, 15) is 43.0 Å². The van der Waals surface area contributed by atoms with Crippen LogP contribution in [0.5, 0.6) is 5.75 Å². The van der Waals surface area contributed by atoms with E-state index in [1.54, 1.807) is 0 Å². The van der Waals surface area contributed by atoms with E-state index >= 15 is 0 Å². The maximum Gasteiger partial charge on any atom is 1.00 e. The van der Waals surface area contributed by atoms with E-state index in [1.165, 1.54) is 12.1 Å². The van der Waals surface area contributed by atoms with Crippen molar-refractivity contribution in [3.63, 3.8) is 0 Å². The summed E-state index contributed by atoms with van der Waals surface area (Å²) in [4.78, 5) is -1.90. The molecular weight excluding hydrogens is 588 g/mol. The molecule has 0 aliphatic rings. The van der Waals surface area contributed by atoms with Crippen molar-refractivity contribution in [3.8, 4) is 5.75 Å². The van der Waals surface area contributed by atoms with E-state index in [-0.39, 0.29) is 105 Å². The number of phenols is 1. The van der Waals surface area contributed by atoms with Crippen LogP contribution in [-0.4, -0.2) is 49.3 Å². The van der Waals surface area contributed by atoms with Gasteiger partial charge in [0.05, 0.1) is 0 Å². The molecule has 164 valence electrons. The standard InChI is InChI=1S/C16H13AsN2O10S2.3Na/c20-16-14(31(27,28)29)8-9-7-10(30(24,25)26)5-6-11(9)15(16)19-18-13-4-2-1-3-12(13)17(21,22)23;;;/h1-8,20H,(H2,21,22,23)(H,24,25,26)(H,27,28,29);;;/q;3*+1/p-3. The summed E-state index contributed by atoms with van der Waals surface area (Å²) in [5, 5.41) is 17.2. The fourth-order valence-corrected chi connectivity index (χ4v) is 5.21. The third kappa shape index (κ3) is 7.96. The Morgan fingerprint density at radius 1 is 0.853 bits per heavy atom. The molecule has 0 radical (unpaired) electrons. The monoisotopic (exact) mass is 598 g/mol. The number of benzene rings is 3. The number of nitrogens with zero attached hydrogens (tertiary/aromatic N) is 2. The van der Waals surface area contributed by atoms with Gasteiger partial charge in [-0.3, -0.25) is 0 Å². The normalized spacial score (nSPS) is 13.4. The maximum absolute atomic E-state index is 11.5. The number of azo groups is 1. The molecule has 34 heavy (non-hydrogen) atoms. The molecule has 1 unspecified atom stereocenters. The third-order valence-electron chi connectivity index (χ3n) is 4.02. The van der Waals surface area contributed by atoms with Crippen molar-refractivity contribution in [2.75, 3.05) is 0 Å². The predicted molar refractivity (Wildman–Crippen MR) is 100 cm³/mol. The molecule has 0 bridgehead atoms. The van der Waals surface area contributed by atoms with Gasteiger partial charge in [-0.05, 0) is 0 Å². The summed E-state index contributed by atoms with van der Waals surface area (Å²) in [5.74, 6) is -1.12. The summed E-state index contributed by atoms with van der Waals surface area (Å²) in [6.07, 6.45) is 0. The van der Waals surface area contributed by atoms with Crippen LogP contribution in [0.4, 0.5) is 11.4 Å². The van der Waals surface area contributed by atoms with Crippen molar-refractivity contribution in [1.29, 1.82) is 0 Å². The van der Waals surface area contributed by atoms with E-state index < -0.39 is 60.0 Å². The van der Waals surface area contributed by atoms with Gasteiger partial charge in [0.2, 0.25) is 0 Å². The van der Waals surface area contributed by atoms with Gasteiger partial charge in [0.25, 0.3) is 0 Å². The summed E-state index contributed by atoms with van der Waals surface area (Å²) in [7, 11) is -10.2. The average Bonchev–Trinajstić information content (AvgIpc) is 2.64. The molecule has 2 N–H and O–H groups in total. The number of aromatic hydroxyl groups is 1. The zero-order chi connectivity index (χ0) is 23.2. The van der Waals surface area contributed by atoms with Crippen LogP contribution >= 0.6 is 0 Å². The van der Waals surface area contributed by atoms with Crippen LogP contribution in [0.2, 0.25) is 0 Å². The summed E-state index contributed by atoms with van der Waals surface area (Å²) < 4.78 is 100. The van der Waals surface area contributed by atoms with E-state index in [0.717, 1.165) is 30.3 Å². The Hall–Kier alpha value is 0.418. The minimum atomic E-state index is -5.68. The minimum absolute atomic E-state index is 0. The van der Waals surface area contributed by atoms with E-state index in [2.05, 4.69) is 10.2 Å². The third-order valence-corrected chi connectivity index (χ3v) is 7.78. The zero-order valence-corrected chi connectivity index (χ0v) is 27.4. The van der Waals surface area contributed by atoms with Gasteiger partial charge in [0.1, 0.15) is 0 Å². The first-order chi connectivity index (χ1) is 14.2. The Balaban J connectivity index is 0.00000363. The summed E-state index contributed by atoms with van der Waals surface area (Å²) >= 11 is -5.68. The summed E-state index contributed by atoms with van der Waals surface area (Å²) in [5.41, 5.74) is -0.952. The van der Waals surface area contributed by atoms with Crippen molar-refractivity contribution < 1.29 is 132 Å². The number of fused-ring (bicyclic) bond motifs is 1. The minimum Gasteiger partial charge on any atom is 1.00 e. The van der Waals surface area contributed by atoms with Gasteiger partial charge in [-0.25, -0.2) is 0 Å². The largest absolute Gasteiger partial charge is 1.00 e. The van der Waals surface area contributed by atoms with Gasteiger partial charge < -0.3 is 0 Å². The number of hydrogen-bond donors (Lipinski definition) is 2. The molecule has 0 fully saturated rings. The van der Waals surface area contributed by atoms with Crippen LogP contribution in [0.25, 0.3) is 10.8 Å². The molecule has 0 heterocycles. The summed E-state index contributed by atoms with van der Waals surface area (Å²) in [6.45, 7) is 0. The molecule has 0 saturated carbocycles. The van der Waals surface area contributed by atoms with Crippen molar-refractivity contribution >= 4 is 60.9 Å². The van der Waals surface area contributed by atoms with Gasteiger partial charge in [-0.15, -0.1) is 0 Å². The van der Waals surface area contributed by atoms with Gasteiger partial charge in [0, 0.05) is 0 Å². The second-order valence-corrected chi connectivity index (χ2v) is 12.0. The Kier molecular flexibility index (Phi) is 12.9. The predicted octanol–water partition coefficient (Wildman–Crippen LogP) is -9.29. The first-order valence-electron chi connectivity index (χ1n) is 7.96. The molecule has 3 aromatic rings. The van der Waals surface area contributed by atoms with Crippen molar-refractivity contribution in [2.24, 2.45) is 10.2 Å². The number of rotatable bonds is 5. The van der Waals surface area contributed by atoms with Gasteiger partial charge in [0.15, 0.2) is 0 Å². The van der Waals surface area contributed by atoms with Gasteiger partial charge in [-0.2, -0.15) is 0 Å². The second kappa shape index (κ2) is 12.8. The quantitative estimate of drug-likeness (QED) is 0.160. The molecule has 0 aromatic heterocycles. The SMILES string of the molecule is O=S(=O)([O-])c1ccc2c(N=Nc3ccccc3[As](=O)([O-])O)c(O)c(S(=O)(=O)[O-])cc2c1.[Na+].[Na+].[Na+]. The Labute approximate surface area is 263 Å². The second-order valence-electron chi connectivity index (χ2n) is 6.07. The number of hydrogen-bond acceptors (Lipinski definition) is 11. The Bertz CT molecular complexity index is 1510. The molecule has 0 amide bonds. The first kappa shape index (κ1) is 34.4. The zero-order valence-electron chi connectivity index (χ0n) is 17.9. The number of phenolic OH excluding ortho intramolecular Hbond substituents is 1. The van der Waals surface area contributed by atoms with Crippen LogP contribution in [-0.2, 0) is 24.0 Å². The van der Waals surface area contributed by atoms with Crippen LogP contribution in [0.1, 0.15) is 0 Å². The Morgan fingerprint density at radius 2 is 1.44 bits per heavy atom. The first-order valence-corrected chi connectivity index (χ1v) is 14.1. The fraction of sp³-hybridized carbons (Fsp3) is 0. The smallest absolute Gasteiger partial charge is 1.00 e. The van der Waals surface area contributed by atoms with E-state index in [4.69, 9.17) is 0 Å². The van der Waals surface area contributed by atoms with Crippen LogP contribution in [0.15, 0.2) is 68.6 Å². The maximum atomic E-state index is 11.5. The molecule has 1 atom stereocenters. The molecule has 18 heteroatoms. The molecule has 0 aliphatic heterocycles. The molecule has 12 nitrogen and oxygen atoms in total. The molecule has 3 aromatic carbocycles. The van der Waals surface area contributed by atoms with E-state index in [1.807, 2.05) is 0 Å². The van der Waals surface area contributed by atoms with Crippen LogP contribution in [0, 0.1) is 0 Å². The fourth-order valence-electron chi connectivity index (χ4n) is 2.67. The molecule has 3 rings (SSSR count). The molecule has 0 aliphatic carbocycles. The molecular formula is C16H10AsN2Na3O10S2. The van der Waals surface area contributed by atoms with Crippen molar-refractivity contribution in [2.45, 2.75) is 9.79 Å². The van der Waals surface area contributed by atoms with Gasteiger partial charge in [-0.1, -0.05) is 0 Å².